The van der Waals surface area contributed by atoms with E-state index in [4.69, 9.17) is 4.74 Å². The minimum atomic E-state index is 0.158. The number of ketones is 1. The number of nitrogens with zero attached hydrogens (tertiary/aromatic N) is 1. The number of rotatable bonds is 6. The number of allylic oxidation sites excluding steroid dienone is 2. The monoisotopic (exact) mass is 431 g/mol. The highest BCUT2D eigenvalue weighted by molar-refractivity contribution is 6.12. The largest absolute Gasteiger partial charge is 0.457 e. The molecule has 0 fully saturated rings. The van der Waals surface area contributed by atoms with Crippen molar-refractivity contribution in [2.75, 3.05) is 0 Å². The molecule has 0 unspecified atom stereocenters. The summed E-state index contributed by atoms with van der Waals surface area (Å²) in [5.41, 5.74) is 7.06. The Morgan fingerprint density at radius 2 is 1.61 bits per heavy atom. The molecule has 4 aromatic rings. The Morgan fingerprint density at radius 1 is 0.848 bits per heavy atom. The first-order valence-corrected chi connectivity index (χ1v) is 11.3. The van der Waals surface area contributed by atoms with Crippen LogP contribution in [-0.4, -0.2) is 10.8 Å². The van der Waals surface area contributed by atoms with Gasteiger partial charge in [-0.3, -0.25) is 9.78 Å². The average molecular weight is 432 g/mol. The summed E-state index contributed by atoms with van der Waals surface area (Å²) in [6.45, 7) is 2.03. The minimum absolute atomic E-state index is 0.158. The standard InChI is InChI=1S/C30H25NO2/c1-21-19-25(28-9-5-6-18-31-28)20-24-15-14-23(30(32)29(21)24)13-10-22-11-16-27(17-12-22)33-26-7-3-2-4-8-26/h2-9,11-12,14,16-20H,10,13,15H2,1H3. The molecule has 0 radical (unpaired) electrons. The maximum Gasteiger partial charge on any atom is 0.189 e. The van der Waals surface area contributed by atoms with Crippen molar-refractivity contribution < 1.29 is 9.53 Å². The quantitative estimate of drug-likeness (QED) is 0.325. The van der Waals surface area contributed by atoms with Gasteiger partial charge in [0.15, 0.2) is 5.78 Å². The molecule has 1 aliphatic carbocycles. The van der Waals surface area contributed by atoms with E-state index in [0.717, 1.165) is 64.3 Å². The number of para-hydroxylation sites is 1. The predicted octanol–water partition coefficient (Wildman–Crippen LogP) is 7.15. The van der Waals surface area contributed by atoms with Gasteiger partial charge >= 0.3 is 0 Å². The molecule has 3 heteroatoms. The molecule has 0 aliphatic heterocycles. The molecule has 162 valence electrons. The molecule has 1 aromatic heterocycles. The molecule has 0 amide bonds. The lowest BCUT2D eigenvalue weighted by Gasteiger charge is -2.19. The van der Waals surface area contributed by atoms with Crippen LogP contribution in [0, 0.1) is 6.92 Å². The molecule has 0 N–H and O–H groups in total. The number of aromatic nitrogens is 1. The first-order valence-electron chi connectivity index (χ1n) is 11.3. The van der Waals surface area contributed by atoms with Gasteiger partial charge in [-0.25, -0.2) is 0 Å². The smallest absolute Gasteiger partial charge is 0.189 e. The van der Waals surface area contributed by atoms with Crippen molar-refractivity contribution in [2.24, 2.45) is 0 Å². The normalized spacial score (nSPS) is 12.8. The zero-order valence-electron chi connectivity index (χ0n) is 18.6. The summed E-state index contributed by atoms with van der Waals surface area (Å²) in [5, 5.41) is 0. The topological polar surface area (TPSA) is 39.2 Å². The third kappa shape index (κ3) is 4.63. The lowest BCUT2D eigenvalue weighted by Crippen LogP contribution is -2.15. The Labute approximate surface area is 194 Å². The fourth-order valence-electron chi connectivity index (χ4n) is 4.36. The Bertz CT molecular complexity index is 1310. The summed E-state index contributed by atoms with van der Waals surface area (Å²) >= 11 is 0. The molecular formula is C30H25NO2. The van der Waals surface area contributed by atoms with E-state index < -0.39 is 0 Å². The zero-order chi connectivity index (χ0) is 22.6. The SMILES string of the molecule is Cc1cc(-c2ccccn2)cc2c1C(=O)C(CCc1ccc(Oc3ccccc3)cc1)=CC2. The van der Waals surface area contributed by atoms with Crippen LogP contribution in [0.4, 0.5) is 0 Å². The van der Waals surface area contributed by atoms with E-state index in [2.05, 4.69) is 35.3 Å². The van der Waals surface area contributed by atoms with Crippen LogP contribution < -0.4 is 4.74 Å². The molecule has 1 heterocycles. The van der Waals surface area contributed by atoms with Crippen LogP contribution in [0.5, 0.6) is 11.5 Å². The lowest BCUT2D eigenvalue weighted by atomic mass is 9.84. The molecule has 0 saturated heterocycles. The molecule has 5 rings (SSSR count). The fourth-order valence-corrected chi connectivity index (χ4v) is 4.36. The molecule has 0 atom stereocenters. The van der Waals surface area contributed by atoms with Gasteiger partial charge in [-0.15, -0.1) is 0 Å². The maximum absolute atomic E-state index is 13.3. The second-order valence-electron chi connectivity index (χ2n) is 8.36. The summed E-state index contributed by atoms with van der Waals surface area (Å²) in [4.78, 5) is 17.7. The van der Waals surface area contributed by atoms with Gasteiger partial charge in [-0.05, 0) is 97.0 Å². The summed E-state index contributed by atoms with van der Waals surface area (Å²) in [6.07, 6.45) is 6.23. The van der Waals surface area contributed by atoms with E-state index in [1.807, 2.05) is 67.6 Å². The van der Waals surface area contributed by atoms with Gasteiger partial charge < -0.3 is 4.74 Å². The number of aryl methyl sites for hydroxylation is 2. The van der Waals surface area contributed by atoms with Gasteiger partial charge in [0, 0.05) is 17.3 Å². The van der Waals surface area contributed by atoms with Gasteiger partial charge in [0.2, 0.25) is 0 Å². The van der Waals surface area contributed by atoms with Crippen molar-refractivity contribution in [3.05, 3.63) is 125 Å². The number of hydrogen-bond donors (Lipinski definition) is 0. The molecule has 0 bridgehead atoms. The van der Waals surface area contributed by atoms with Crippen LogP contribution >= 0.6 is 0 Å². The highest BCUT2D eigenvalue weighted by Gasteiger charge is 2.23. The molecular weight excluding hydrogens is 406 g/mol. The van der Waals surface area contributed by atoms with Crippen molar-refractivity contribution in [3.8, 4) is 22.8 Å². The minimum Gasteiger partial charge on any atom is -0.457 e. The first-order chi connectivity index (χ1) is 16.2. The van der Waals surface area contributed by atoms with Gasteiger partial charge in [0.1, 0.15) is 11.5 Å². The van der Waals surface area contributed by atoms with Crippen molar-refractivity contribution in [1.82, 2.24) is 4.98 Å². The number of pyridine rings is 1. The predicted molar refractivity (Wildman–Crippen MR) is 132 cm³/mol. The number of fused-ring (bicyclic) bond motifs is 1. The first kappa shape index (κ1) is 20.9. The number of carbonyl (C=O) groups excluding carboxylic acids is 1. The van der Waals surface area contributed by atoms with Gasteiger partial charge in [0.05, 0.1) is 5.69 Å². The molecule has 3 nitrogen and oxygen atoms in total. The van der Waals surface area contributed by atoms with Gasteiger partial charge in [-0.2, -0.15) is 0 Å². The summed E-state index contributed by atoms with van der Waals surface area (Å²) in [6, 6.07) is 28.0. The second kappa shape index (κ2) is 9.25. The van der Waals surface area contributed by atoms with Crippen LogP contribution in [0.15, 0.2) is 103 Å². The van der Waals surface area contributed by atoms with Crippen molar-refractivity contribution in [3.63, 3.8) is 0 Å². The average Bonchev–Trinajstić information content (AvgIpc) is 2.85. The Balaban J connectivity index is 1.26. The maximum atomic E-state index is 13.3. The second-order valence-corrected chi connectivity index (χ2v) is 8.36. The summed E-state index contributed by atoms with van der Waals surface area (Å²) < 4.78 is 5.87. The Hall–Kier alpha value is -3.98. The highest BCUT2D eigenvalue weighted by Crippen LogP contribution is 2.31. The van der Waals surface area contributed by atoms with E-state index in [1.54, 1.807) is 6.20 Å². The summed E-state index contributed by atoms with van der Waals surface area (Å²) in [7, 11) is 0. The Kier molecular flexibility index (Phi) is 5.86. The number of benzene rings is 3. The highest BCUT2D eigenvalue weighted by atomic mass is 16.5. The van der Waals surface area contributed by atoms with Gasteiger partial charge in [0.25, 0.3) is 0 Å². The molecule has 0 saturated carbocycles. The van der Waals surface area contributed by atoms with Crippen molar-refractivity contribution in [2.45, 2.75) is 26.2 Å². The number of hydrogen-bond acceptors (Lipinski definition) is 3. The van der Waals surface area contributed by atoms with Crippen molar-refractivity contribution >= 4 is 5.78 Å². The zero-order valence-corrected chi connectivity index (χ0v) is 18.6. The molecule has 3 aromatic carbocycles. The van der Waals surface area contributed by atoms with Crippen LogP contribution in [0.1, 0.15) is 33.5 Å². The van der Waals surface area contributed by atoms with E-state index in [-0.39, 0.29) is 5.78 Å². The number of ether oxygens (including phenoxy) is 1. The third-order valence-corrected chi connectivity index (χ3v) is 6.05. The Morgan fingerprint density at radius 3 is 2.36 bits per heavy atom. The number of carbonyl (C=O) groups is 1. The van der Waals surface area contributed by atoms with Crippen molar-refractivity contribution in [1.29, 1.82) is 0 Å². The summed E-state index contributed by atoms with van der Waals surface area (Å²) in [5.74, 6) is 1.79. The number of Topliss-reactive ketones (excluding diaryl/α,β-unsaturated/α-hetero) is 1. The lowest BCUT2D eigenvalue weighted by molar-refractivity contribution is 0.102. The fraction of sp³-hybridized carbons (Fsp3) is 0.133. The molecule has 33 heavy (non-hydrogen) atoms. The molecule has 0 spiro atoms. The third-order valence-electron chi connectivity index (χ3n) is 6.05. The van der Waals surface area contributed by atoms with E-state index in [0.29, 0.717) is 0 Å². The van der Waals surface area contributed by atoms with Crippen LogP contribution in [0.3, 0.4) is 0 Å². The molecule has 1 aliphatic rings. The van der Waals surface area contributed by atoms with E-state index in [1.165, 1.54) is 5.56 Å². The van der Waals surface area contributed by atoms with Crippen LogP contribution in [0.2, 0.25) is 0 Å². The van der Waals surface area contributed by atoms with E-state index in [9.17, 15) is 4.79 Å². The van der Waals surface area contributed by atoms with Crippen LogP contribution in [0.25, 0.3) is 11.3 Å². The van der Waals surface area contributed by atoms with Gasteiger partial charge in [-0.1, -0.05) is 42.5 Å². The van der Waals surface area contributed by atoms with E-state index >= 15 is 0 Å². The van der Waals surface area contributed by atoms with Crippen LogP contribution in [-0.2, 0) is 12.8 Å².